The molecule has 4 N–H and O–H groups in total. The highest BCUT2D eigenvalue weighted by atomic mass is 16.4. The number of hydrogen-bond acceptors (Lipinski definition) is 2. The van der Waals surface area contributed by atoms with E-state index in [0.29, 0.717) is 5.92 Å². The average Bonchev–Trinajstić information content (AvgIpc) is 2.10. The minimum absolute atomic E-state index is 0.115. The van der Waals surface area contributed by atoms with E-state index in [2.05, 4.69) is 12.2 Å². The first-order valence-electron chi connectivity index (χ1n) is 5.38. The topological polar surface area (TPSA) is 75.3 Å². The molecule has 4 heteroatoms. The molecule has 0 aliphatic heterocycles. The molecule has 1 aliphatic carbocycles. The van der Waals surface area contributed by atoms with Gasteiger partial charge in [-0.05, 0) is 31.6 Å². The van der Waals surface area contributed by atoms with Crippen molar-refractivity contribution in [1.29, 1.82) is 0 Å². The molecule has 14 heavy (non-hydrogen) atoms. The van der Waals surface area contributed by atoms with Crippen LogP contribution >= 0.6 is 0 Å². The second-order valence-corrected chi connectivity index (χ2v) is 4.17. The Labute approximate surface area is 84.9 Å². The van der Waals surface area contributed by atoms with Crippen LogP contribution in [-0.2, 0) is 0 Å². The van der Waals surface area contributed by atoms with E-state index in [-0.39, 0.29) is 12.1 Å². The third kappa shape index (κ3) is 3.18. The molecule has 4 nitrogen and oxygen atoms in total. The van der Waals surface area contributed by atoms with Crippen LogP contribution in [0.4, 0.5) is 4.79 Å². The van der Waals surface area contributed by atoms with Crippen LogP contribution in [0, 0.1) is 5.92 Å². The van der Waals surface area contributed by atoms with E-state index in [1.165, 1.54) is 0 Å². The predicted molar refractivity (Wildman–Crippen MR) is 55.2 cm³/mol. The van der Waals surface area contributed by atoms with E-state index >= 15 is 0 Å². The molecular formula is C10H20N2O2. The summed E-state index contributed by atoms with van der Waals surface area (Å²) in [5.74, 6) is 0.491. The molecule has 0 heterocycles. The molecule has 1 fully saturated rings. The quantitative estimate of drug-likeness (QED) is 0.647. The summed E-state index contributed by atoms with van der Waals surface area (Å²) in [6, 6.07) is 0.380. The minimum atomic E-state index is -0.916. The molecule has 1 amide bonds. The zero-order chi connectivity index (χ0) is 10.6. The summed E-state index contributed by atoms with van der Waals surface area (Å²) in [5, 5.41) is 11.2. The fourth-order valence-corrected chi connectivity index (χ4v) is 2.30. The van der Waals surface area contributed by atoms with Gasteiger partial charge in [-0.3, -0.25) is 0 Å². The molecule has 0 radical (unpaired) electrons. The van der Waals surface area contributed by atoms with Crippen molar-refractivity contribution >= 4 is 6.09 Å². The SMILES string of the molecule is CCC[C@@H]1C[C@H](NC(=O)O)CC[C@@H]1N. The molecule has 0 spiro atoms. The van der Waals surface area contributed by atoms with Gasteiger partial charge in [0.1, 0.15) is 0 Å². The Morgan fingerprint density at radius 2 is 2.29 bits per heavy atom. The number of amides is 1. The van der Waals surface area contributed by atoms with Crippen molar-refractivity contribution in [2.24, 2.45) is 11.7 Å². The smallest absolute Gasteiger partial charge is 0.404 e. The van der Waals surface area contributed by atoms with Gasteiger partial charge in [-0.2, -0.15) is 0 Å². The van der Waals surface area contributed by atoms with E-state index in [1.807, 2.05) is 0 Å². The first-order chi connectivity index (χ1) is 6.63. The van der Waals surface area contributed by atoms with E-state index in [1.54, 1.807) is 0 Å². The Morgan fingerprint density at radius 1 is 1.57 bits per heavy atom. The van der Waals surface area contributed by atoms with Crippen LogP contribution in [0.25, 0.3) is 0 Å². The monoisotopic (exact) mass is 200 g/mol. The van der Waals surface area contributed by atoms with Crippen molar-refractivity contribution in [3.8, 4) is 0 Å². The van der Waals surface area contributed by atoms with E-state index in [0.717, 1.165) is 32.1 Å². The molecule has 0 saturated heterocycles. The lowest BCUT2D eigenvalue weighted by atomic mass is 9.80. The number of nitrogens with two attached hydrogens (primary N) is 1. The Morgan fingerprint density at radius 3 is 2.86 bits per heavy atom. The molecule has 1 saturated carbocycles. The van der Waals surface area contributed by atoms with E-state index in [9.17, 15) is 4.79 Å². The summed E-state index contributed by atoms with van der Waals surface area (Å²) >= 11 is 0. The van der Waals surface area contributed by atoms with Crippen molar-refractivity contribution in [2.75, 3.05) is 0 Å². The molecule has 1 aliphatic rings. The predicted octanol–water partition coefficient (Wildman–Crippen LogP) is 1.55. The molecule has 0 aromatic heterocycles. The van der Waals surface area contributed by atoms with Crippen LogP contribution in [0.2, 0.25) is 0 Å². The number of carbonyl (C=O) groups is 1. The van der Waals surface area contributed by atoms with Gasteiger partial charge in [0.25, 0.3) is 0 Å². The molecule has 0 aromatic rings. The third-order valence-corrected chi connectivity index (χ3v) is 3.03. The molecule has 0 bridgehead atoms. The second kappa shape index (κ2) is 5.20. The van der Waals surface area contributed by atoms with Crippen LogP contribution in [-0.4, -0.2) is 23.3 Å². The highest BCUT2D eigenvalue weighted by molar-refractivity contribution is 5.64. The molecule has 1 rings (SSSR count). The maximum absolute atomic E-state index is 10.5. The fourth-order valence-electron chi connectivity index (χ4n) is 2.30. The van der Waals surface area contributed by atoms with Crippen LogP contribution in [0.15, 0.2) is 0 Å². The lowest BCUT2D eigenvalue weighted by Gasteiger charge is -2.33. The Balaban J connectivity index is 2.40. The van der Waals surface area contributed by atoms with Crippen LogP contribution in [0.1, 0.15) is 39.0 Å². The highest BCUT2D eigenvalue weighted by Gasteiger charge is 2.28. The number of hydrogen-bond donors (Lipinski definition) is 3. The van der Waals surface area contributed by atoms with E-state index < -0.39 is 6.09 Å². The molecule has 0 aromatic carbocycles. The highest BCUT2D eigenvalue weighted by Crippen LogP contribution is 2.26. The number of carboxylic acid groups (broad SMARTS) is 1. The summed E-state index contributed by atoms with van der Waals surface area (Å²) < 4.78 is 0. The lowest BCUT2D eigenvalue weighted by molar-refractivity contribution is 0.176. The van der Waals surface area contributed by atoms with Crippen LogP contribution < -0.4 is 11.1 Å². The van der Waals surface area contributed by atoms with E-state index in [4.69, 9.17) is 10.8 Å². The van der Waals surface area contributed by atoms with Gasteiger partial charge in [-0.1, -0.05) is 13.3 Å². The Kier molecular flexibility index (Phi) is 4.20. The molecule has 0 unspecified atom stereocenters. The zero-order valence-electron chi connectivity index (χ0n) is 8.70. The van der Waals surface area contributed by atoms with Gasteiger partial charge in [0.05, 0.1) is 0 Å². The third-order valence-electron chi connectivity index (χ3n) is 3.03. The lowest BCUT2D eigenvalue weighted by Crippen LogP contribution is -2.44. The summed E-state index contributed by atoms with van der Waals surface area (Å²) in [6.45, 7) is 2.14. The van der Waals surface area contributed by atoms with Gasteiger partial charge >= 0.3 is 6.09 Å². The largest absolute Gasteiger partial charge is 0.465 e. The normalized spacial score (nSPS) is 32.6. The summed E-state index contributed by atoms with van der Waals surface area (Å²) in [6.07, 6.45) is 4.04. The molecular weight excluding hydrogens is 180 g/mol. The first kappa shape index (κ1) is 11.3. The van der Waals surface area contributed by atoms with Crippen molar-refractivity contribution in [2.45, 2.75) is 51.1 Å². The van der Waals surface area contributed by atoms with Gasteiger partial charge < -0.3 is 16.2 Å². The van der Waals surface area contributed by atoms with Crippen LogP contribution in [0.5, 0.6) is 0 Å². The van der Waals surface area contributed by atoms with Gasteiger partial charge in [-0.15, -0.1) is 0 Å². The van der Waals surface area contributed by atoms with Gasteiger partial charge in [0.15, 0.2) is 0 Å². The fraction of sp³-hybridized carbons (Fsp3) is 0.900. The van der Waals surface area contributed by atoms with Gasteiger partial charge in [-0.25, -0.2) is 4.79 Å². The molecule has 82 valence electrons. The average molecular weight is 200 g/mol. The minimum Gasteiger partial charge on any atom is -0.465 e. The van der Waals surface area contributed by atoms with Gasteiger partial charge in [0, 0.05) is 12.1 Å². The standard InChI is InChI=1S/C10H20N2O2/c1-2-3-7-6-8(12-10(13)14)4-5-9(7)11/h7-9,12H,2-6,11H2,1H3,(H,13,14)/t7-,8-,9+/m1/s1. The second-order valence-electron chi connectivity index (χ2n) is 4.17. The first-order valence-corrected chi connectivity index (χ1v) is 5.38. The van der Waals surface area contributed by atoms with Crippen LogP contribution in [0.3, 0.4) is 0 Å². The van der Waals surface area contributed by atoms with Crippen molar-refractivity contribution in [3.63, 3.8) is 0 Å². The Hall–Kier alpha value is -0.770. The van der Waals surface area contributed by atoms with Crippen molar-refractivity contribution in [3.05, 3.63) is 0 Å². The number of nitrogens with one attached hydrogen (secondary N) is 1. The Bertz CT molecular complexity index is 197. The summed E-state index contributed by atoms with van der Waals surface area (Å²) in [7, 11) is 0. The van der Waals surface area contributed by atoms with Gasteiger partial charge in [0.2, 0.25) is 0 Å². The molecule has 3 atom stereocenters. The number of rotatable bonds is 3. The van der Waals surface area contributed by atoms with Crippen molar-refractivity contribution in [1.82, 2.24) is 5.32 Å². The summed E-state index contributed by atoms with van der Waals surface area (Å²) in [4.78, 5) is 10.5. The summed E-state index contributed by atoms with van der Waals surface area (Å²) in [5.41, 5.74) is 5.98. The maximum atomic E-state index is 10.5. The zero-order valence-corrected chi connectivity index (χ0v) is 8.70. The van der Waals surface area contributed by atoms with Crippen molar-refractivity contribution < 1.29 is 9.90 Å². The maximum Gasteiger partial charge on any atom is 0.404 e.